The highest BCUT2D eigenvalue weighted by atomic mass is 16.2. The van der Waals surface area contributed by atoms with Crippen molar-refractivity contribution in [1.29, 1.82) is 0 Å². The van der Waals surface area contributed by atoms with Crippen molar-refractivity contribution in [2.45, 2.75) is 40.2 Å². The maximum atomic E-state index is 11.8. The zero-order chi connectivity index (χ0) is 13.1. The highest BCUT2D eigenvalue weighted by Crippen LogP contribution is 2.18. The normalized spacial score (nSPS) is 23.7. The molecule has 1 aliphatic rings. The Morgan fingerprint density at radius 3 is 2.65 bits per heavy atom. The molecule has 0 bridgehead atoms. The van der Waals surface area contributed by atoms with Gasteiger partial charge >= 0.3 is 0 Å². The molecule has 1 aliphatic heterocycles. The average molecular weight is 241 g/mol. The van der Waals surface area contributed by atoms with Crippen LogP contribution < -0.4 is 11.1 Å². The van der Waals surface area contributed by atoms with E-state index in [-0.39, 0.29) is 11.3 Å². The summed E-state index contributed by atoms with van der Waals surface area (Å²) >= 11 is 0. The molecule has 3 N–H and O–H groups in total. The van der Waals surface area contributed by atoms with Crippen molar-refractivity contribution in [3.8, 4) is 0 Å². The summed E-state index contributed by atoms with van der Waals surface area (Å²) < 4.78 is 0. The van der Waals surface area contributed by atoms with Gasteiger partial charge in [-0.25, -0.2) is 0 Å². The lowest BCUT2D eigenvalue weighted by molar-refractivity contribution is -0.124. The summed E-state index contributed by atoms with van der Waals surface area (Å²) in [6.45, 7) is 12.3. The molecule has 2 atom stereocenters. The third-order valence-electron chi connectivity index (χ3n) is 3.60. The molecule has 4 heteroatoms. The van der Waals surface area contributed by atoms with Gasteiger partial charge in [0.05, 0.1) is 6.04 Å². The zero-order valence-corrected chi connectivity index (χ0v) is 11.6. The lowest BCUT2D eigenvalue weighted by atomic mass is 9.87. The molecular weight excluding hydrogens is 214 g/mol. The molecule has 0 aromatic rings. The monoisotopic (exact) mass is 241 g/mol. The van der Waals surface area contributed by atoms with Crippen molar-refractivity contribution in [2.75, 3.05) is 26.2 Å². The predicted octanol–water partition coefficient (Wildman–Crippen LogP) is 0.818. The van der Waals surface area contributed by atoms with Crippen LogP contribution in [0.1, 0.15) is 34.1 Å². The fraction of sp³-hybridized carbons (Fsp3) is 0.923. The van der Waals surface area contributed by atoms with Gasteiger partial charge in [-0.3, -0.25) is 4.79 Å². The Morgan fingerprint density at radius 1 is 1.53 bits per heavy atom. The molecule has 0 aromatic carbocycles. The number of nitrogens with zero attached hydrogens (tertiary/aromatic N) is 1. The smallest absolute Gasteiger partial charge is 0.237 e. The van der Waals surface area contributed by atoms with Crippen molar-refractivity contribution < 1.29 is 4.79 Å². The minimum atomic E-state index is -0.425. The second kappa shape index (κ2) is 5.83. The third-order valence-corrected chi connectivity index (χ3v) is 3.60. The topological polar surface area (TPSA) is 58.4 Å². The summed E-state index contributed by atoms with van der Waals surface area (Å²) in [5.41, 5.74) is 5.74. The Labute approximate surface area is 105 Å². The average Bonchev–Trinajstić information content (AvgIpc) is 2.71. The number of rotatable bonds is 4. The molecule has 1 fully saturated rings. The van der Waals surface area contributed by atoms with Crippen molar-refractivity contribution in [3.63, 3.8) is 0 Å². The summed E-state index contributed by atoms with van der Waals surface area (Å²) in [6, 6.07) is -0.425. The number of hydrogen-bond donors (Lipinski definition) is 2. The number of carbonyl (C=O) groups excluding carboxylic acids is 1. The van der Waals surface area contributed by atoms with Crippen LogP contribution in [0.4, 0.5) is 0 Å². The largest absolute Gasteiger partial charge is 0.354 e. The molecule has 100 valence electrons. The lowest BCUT2D eigenvalue weighted by Gasteiger charge is -2.26. The second-order valence-electron chi connectivity index (χ2n) is 6.14. The van der Waals surface area contributed by atoms with Crippen LogP contribution in [0.5, 0.6) is 0 Å². The van der Waals surface area contributed by atoms with E-state index in [2.05, 4.69) is 17.1 Å². The molecule has 1 rings (SSSR count). The molecule has 17 heavy (non-hydrogen) atoms. The van der Waals surface area contributed by atoms with Gasteiger partial charge in [0.25, 0.3) is 0 Å². The van der Waals surface area contributed by atoms with Gasteiger partial charge in [0.15, 0.2) is 0 Å². The molecular formula is C13H27N3O. The minimum Gasteiger partial charge on any atom is -0.354 e. The van der Waals surface area contributed by atoms with E-state index in [0.717, 1.165) is 26.2 Å². The Kier molecular flexibility index (Phi) is 4.95. The quantitative estimate of drug-likeness (QED) is 0.766. The van der Waals surface area contributed by atoms with Gasteiger partial charge in [0.2, 0.25) is 5.91 Å². The van der Waals surface area contributed by atoms with Crippen LogP contribution in [0.2, 0.25) is 0 Å². The van der Waals surface area contributed by atoms with Crippen molar-refractivity contribution >= 4 is 5.91 Å². The van der Waals surface area contributed by atoms with E-state index < -0.39 is 6.04 Å². The number of likely N-dealkylation sites (tertiary alicyclic amines) is 1. The van der Waals surface area contributed by atoms with Crippen LogP contribution >= 0.6 is 0 Å². The Hall–Kier alpha value is -0.610. The van der Waals surface area contributed by atoms with Gasteiger partial charge in [0, 0.05) is 13.1 Å². The molecule has 0 spiro atoms. The van der Waals surface area contributed by atoms with Gasteiger partial charge < -0.3 is 16.0 Å². The molecule has 1 amide bonds. The van der Waals surface area contributed by atoms with Crippen LogP contribution in [0.25, 0.3) is 0 Å². The number of hydrogen-bond acceptors (Lipinski definition) is 3. The number of carbonyl (C=O) groups is 1. The molecule has 0 radical (unpaired) electrons. The van der Waals surface area contributed by atoms with E-state index in [4.69, 9.17) is 5.73 Å². The Morgan fingerprint density at radius 2 is 2.18 bits per heavy atom. The third kappa shape index (κ3) is 4.28. The fourth-order valence-corrected chi connectivity index (χ4v) is 2.11. The maximum absolute atomic E-state index is 11.8. The van der Waals surface area contributed by atoms with Gasteiger partial charge in [-0.2, -0.15) is 0 Å². The SMILES string of the molecule is CCN1CCC(CNC(=O)[C@@H](N)C(C)(C)C)C1. The molecule has 1 heterocycles. The van der Waals surface area contributed by atoms with E-state index in [1.54, 1.807) is 0 Å². The van der Waals surface area contributed by atoms with Crippen molar-refractivity contribution in [1.82, 2.24) is 10.2 Å². The molecule has 0 aromatic heterocycles. The van der Waals surface area contributed by atoms with Crippen molar-refractivity contribution in [3.05, 3.63) is 0 Å². The summed E-state index contributed by atoms with van der Waals surface area (Å²) in [5.74, 6) is 0.568. The van der Waals surface area contributed by atoms with E-state index in [9.17, 15) is 4.79 Å². The minimum absolute atomic E-state index is 0.0209. The molecule has 0 saturated carbocycles. The first kappa shape index (κ1) is 14.5. The predicted molar refractivity (Wildman–Crippen MR) is 70.7 cm³/mol. The van der Waals surface area contributed by atoms with Crippen LogP contribution in [0.3, 0.4) is 0 Å². The van der Waals surface area contributed by atoms with E-state index in [1.165, 1.54) is 6.42 Å². The first-order valence-electron chi connectivity index (χ1n) is 6.60. The number of nitrogens with one attached hydrogen (secondary N) is 1. The number of nitrogens with two attached hydrogens (primary N) is 1. The highest BCUT2D eigenvalue weighted by Gasteiger charge is 2.28. The first-order valence-corrected chi connectivity index (χ1v) is 6.60. The Bertz CT molecular complexity index is 260. The molecule has 1 saturated heterocycles. The highest BCUT2D eigenvalue weighted by molar-refractivity contribution is 5.82. The maximum Gasteiger partial charge on any atom is 0.237 e. The van der Waals surface area contributed by atoms with Crippen LogP contribution in [-0.2, 0) is 4.79 Å². The first-order chi connectivity index (χ1) is 7.84. The van der Waals surface area contributed by atoms with Crippen molar-refractivity contribution in [2.24, 2.45) is 17.1 Å². The second-order valence-corrected chi connectivity index (χ2v) is 6.14. The number of amides is 1. The summed E-state index contributed by atoms with van der Waals surface area (Å²) in [7, 11) is 0. The molecule has 4 nitrogen and oxygen atoms in total. The molecule has 0 aliphatic carbocycles. The van der Waals surface area contributed by atoms with Crippen LogP contribution in [0.15, 0.2) is 0 Å². The van der Waals surface area contributed by atoms with E-state index in [0.29, 0.717) is 5.92 Å². The fourth-order valence-electron chi connectivity index (χ4n) is 2.11. The van der Waals surface area contributed by atoms with Gasteiger partial charge in [0.1, 0.15) is 0 Å². The summed E-state index contributed by atoms with van der Waals surface area (Å²) in [6.07, 6.45) is 1.18. The van der Waals surface area contributed by atoms with Crippen LogP contribution in [-0.4, -0.2) is 43.0 Å². The van der Waals surface area contributed by atoms with Gasteiger partial charge in [-0.1, -0.05) is 27.7 Å². The summed E-state index contributed by atoms with van der Waals surface area (Å²) in [5, 5.41) is 2.98. The van der Waals surface area contributed by atoms with Gasteiger partial charge in [-0.05, 0) is 30.8 Å². The standard InChI is InChI=1S/C13H27N3O/c1-5-16-7-6-10(9-16)8-15-12(17)11(14)13(2,3)4/h10-11H,5-9,14H2,1-4H3,(H,15,17)/t10?,11-/m1/s1. The molecule has 1 unspecified atom stereocenters. The van der Waals surface area contributed by atoms with E-state index in [1.807, 2.05) is 20.8 Å². The Balaban J connectivity index is 2.29. The summed E-state index contributed by atoms with van der Waals surface area (Å²) in [4.78, 5) is 14.3. The van der Waals surface area contributed by atoms with Gasteiger partial charge in [-0.15, -0.1) is 0 Å². The van der Waals surface area contributed by atoms with E-state index >= 15 is 0 Å². The zero-order valence-electron chi connectivity index (χ0n) is 11.6. The van der Waals surface area contributed by atoms with Crippen LogP contribution in [0, 0.1) is 11.3 Å². The lowest BCUT2D eigenvalue weighted by Crippen LogP contribution is -2.49.